The smallest absolute Gasteiger partial charge is 0.336 e. The molecule has 19 heavy (non-hydrogen) atoms. The van der Waals surface area contributed by atoms with Gasteiger partial charge in [0.05, 0.1) is 18.6 Å². The first-order valence-electron chi connectivity index (χ1n) is 6.88. The second-order valence-electron chi connectivity index (χ2n) is 4.94. The van der Waals surface area contributed by atoms with Gasteiger partial charge >= 0.3 is 11.9 Å². The van der Waals surface area contributed by atoms with Gasteiger partial charge < -0.3 is 14.2 Å². The lowest BCUT2D eigenvalue weighted by atomic mass is 10.2. The number of unbranched alkanes of at least 4 members (excludes halogenated alkanes) is 1. The van der Waals surface area contributed by atoms with Crippen molar-refractivity contribution in [3.8, 4) is 0 Å². The highest BCUT2D eigenvalue weighted by Crippen LogP contribution is 2.08. The first kappa shape index (κ1) is 17.9. The summed E-state index contributed by atoms with van der Waals surface area (Å²) >= 11 is 0. The van der Waals surface area contributed by atoms with Crippen molar-refractivity contribution in [2.24, 2.45) is 0 Å². The van der Waals surface area contributed by atoms with E-state index in [1.807, 2.05) is 6.92 Å². The molecule has 5 heteroatoms. The van der Waals surface area contributed by atoms with E-state index in [0.29, 0.717) is 6.61 Å². The molecule has 0 fully saturated rings. The number of ether oxygens (including phenoxy) is 3. The third-order valence-electron chi connectivity index (χ3n) is 2.15. The molecule has 0 spiro atoms. The van der Waals surface area contributed by atoms with E-state index in [2.05, 4.69) is 0 Å². The summed E-state index contributed by atoms with van der Waals surface area (Å²) in [7, 11) is 0. The van der Waals surface area contributed by atoms with Gasteiger partial charge in [-0.3, -0.25) is 4.79 Å². The van der Waals surface area contributed by atoms with Crippen molar-refractivity contribution >= 4 is 11.9 Å². The van der Waals surface area contributed by atoms with E-state index in [0.717, 1.165) is 12.8 Å². The van der Waals surface area contributed by atoms with Gasteiger partial charge in [-0.1, -0.05) is 13.3 Å². The largest absolute Gasteiger partial charge is 0.463 e. The zero-order valence-corrected chi connectivity index (χ0v) is 12.6. The summed E-state index contributed by atoms with van der Waals surface area (Å²) in [6.45, 7) is 9.50. The highest BCUT2D eigenvalue weighted by molar-refractivity contribution is 5.82. The molecule has 0 aromatic rings. The van der Waals surface area contributed by atoms with Crippen LogP contribution in [0, 0.1) is 0 Å². The molecule has 1 atom stereocenters. The Kier molecular flexibility index (Phi) is 9.21. The third-order valence-corrected chi connectivity index (χ3v) is 2.15. The van der Waals surface area contributed by atoms with Gasteiger partial charge in [-0.25, -0.2) is 4.79 Å². The third kappa shape index (κ3) is 9.47. The SMILES string of the molecule is CCCCOC(CC(=O)OC(C)C)C(=O)OC(C)C. The Morgan fingerprint density at radius 3 is 2.05 bits per heavy atom. The minimum Gasteiger partial charge on any atom is -0.463 e. The van der Waals surface area contributed by atoms with E-state index in [1.165, 1.54) is 0 Å². The van der Waals surface area contributed by atoms with Crippen LogP contribution < -0.4 is 0 Å². The van der Waals surface area contributed by atoms with E-state index in [-0.39, 0.29) is 18.6 Å². The van der Waals surface area contributed by atoms with Crippen LogP contribution in [0.25, 0.3) is 0 Å². The lowest BCUT2D eigenvalue weighted by Crippen LogP contribution is -2.32. The van der Waals surface area contributed by atoms with E-state index >= 15 is 0 Å². The van der Waals surface area contributed by atoms with Crippen LogP contribution in [0.15, 0.2) is 0 Å². The van der Waals surface area contributed by atoms with E-state index < -0.39 is 18.0 Å². The molecule has 0 rings (SSSR count). The number of hydrogen-bond acceptors (Lipinski definition) is 5. The van der Waals surface area contributed by atoms with Gasteiger partial charge in [0.25, 0.3) is 0 Å². The summed E-state index contributed by atoms with van der Waals surface area (Å²) in [6, 6.07) is 0. The topological polar surface area (TPSA) is 61.8 Å². The van der Waals surface area contributed by atoms with Crippen LogP contribution in [-0.2, 0) is 23.8 Å². The number of carbonyl (C=O) groups excluding carboxylic acids is 2. The Bertz CT molecular complexity index is 273. The fourth-order valence-corrected chi connectivity index (χ4v) is 1.35. The number of hydrogen-bond donors (Lipinski definition) is 0. The summed E-state index contributed by atoms with van der Waals surface area (Å²) in [5.41, 5.74) is 0. The van der Waals surface area contributed by atoms with Gasteiger partial charge in [-0.2, -0.15) is 0 Å². The zero-order chi connectivity index (χ0) is 14.8. The maximum Gasteiger partial charge on any atom is 0.336 e. The van der Waals surface area contributed by atoms with Crippen molar-refractivity contribution in [1.82, 2.24) is 0 Å². The maximum atomic E-state index is 11.8. The van der Waals surface area contributed by atoms with Crippen molar-refractivity contribution in [2.75, 3.05) is 6.61 Å². The van der Waals surface area contributed by atoms with Crippen LogP contribution in [0.2, 0.25) is 0 Å². The quantitative estimate of drug-likeness (QED) is 0.477. The lowest BCUT2D eigenvalue weighted by Gasteiger charge is -2.18. The van der Waals surface area contributed by atoms with Crippen molar-refractivity contribution in [2.45, 2.75) is 72.2 Å². The lowest BCUT2D eigenvalue weighted by molar-refractivity contribution is -0.168. The molecule has 5 nitrogen and oxygen atoms in total. The predicted molar refractivity (Wildman–Crippen MR) is 71.7 cm³/mol. The summed E-state index contributed by atoms with van der Waals surface area (Å²) in [6.07, 6.45) is 0.386. The van der Waals surface area contributed by atoms with Crippen molar-refractivity contribution in [3.63, 3.8) is 0 Å². The van der Waals surface area contributed by atoms with Crippen LogP contribution >= 0.6 is 0 Å². The molecule has 0 aliphatic rings. The molecule has 0 heterocycles. The molecule has 0 aliphatic heterocycles. The first-order valence-corrected chi connectivity index (χ1v) is 6.88. The number of esters is 2. The Morgan fingerprint density at radius 2 is 1.58 bits per heavy atom. The molecule has 0 aromatic heterocycles. The molecular weight excluding hydrogens is 248 g/mol. The van der Waals surface area contributed by atoms with E-state index in [9.17, 15) is 9.59 Å². The van der Waals surface area contributed by atoms with Crippen LogP contribution in [0.4, 0.5) is 0 Å². The summed E-state index contributed by atoms with van der Waals surface area (Å²) in [5, 5.41) is 0. The number of carbonyl (C=O) groups is 2. The van der Waals surface area contributed by atoms with Crippen LogP contribution in [0.1, 0.15) is 53.9 Å². The average Bonchev–Trinajstić information content (AvgIpc) is 2.25. The molecule has 1 unspecified atom stereocenters. The molecule has 0 amide bonds. The van der Waals surface area contributed by atoms with Gasteiger partial charge in [0.15, 0.2) is 6.10 Å². The average molecular weight is 274 g/mol. The van der Waals surface area contributed by atoms with Gasteiger partial charge in [-0.15, -0.1) is 0 Å². The monoisotopic (exact) mass is 274 g/mol. The van der Waals surface area contributed by atoms with Crippen molar-refractivity contribution in [3.05, 3.63) is 0 Å². The second kappa shape index (κ2) is 9.78. The summed E-state index contributed by atoms with van der Waals surface area (Å²) in [5.74, 6) is -0.955. The molecule has 0 bridgehead atoms. The van der Waals surface area contributed by atoms with Crippen molar-refractivity contribution in [1.29, 1.82) is 0 Å². The summed E-state index contributed by atoms with van der Waals surface area (Å²) < 4.78 is 15.5. The molecule has 0 N–H and O–H groups in total. The number of rotatable bonds is 9. The Hall–Kier alpha value is -1.10. The molecule has 0 aromatic carbocycles. The Labute approximate surface area is 115 Å². The molecule has 112 valence electrons. The van der Waals surface area contributed by atoms with Gasteiger partial charge in [0.2, 0.25) is 0 Å². The molecule has 0 aliphatic carbocycles. The molecule has 0 radical (unpaired) electrons. The molecule has 0 saturated carbocycles. The van der Waals surface area contributed by atoms with Crippen molar-refractivity contribution < 1.29 is 23.8 Å². The van der Waals surface area contributed by atoms with Gasteiger partial charge in [0, 0.05) is 6.61 Å². The standard InChI is InChI=1S/C14H26O5/c1-6-7-8-17-12(14(16)19-11(4)5)9-13(15)18-10(2)3/h10-12H,6-9H2,1-5H3. The maximum absolute atomic E-state index is 11.8. The van der Waals surface area contributed by atoms with Crippen LogP contribution in [-0.4, -0.2) is 36.9 Å². The fourth-order valence-electron chi connectivity index (χ4n) is 1.35. The van der Waals surface area contributed by atoms with Gasteiger partial charge in [-0.05, 0) is 34.1 Å². The van der Waals surface area contributed by atoms with Crippen LogP contribution in [0.3, 0.4) is 0 Å². The summed E-state index contributed by atoms with van der Waals surface area (Å²) in [4.78, 5) is 23.4. The second-order valence-corrected chi connectivity index (χ2v) is 4.94. The van der Waals surface area contributed by atoms with Gasteiger partial charge in [0.1, 0.15) is 0 Å². The first-order chi connectivity index (χ1) is 8.86. The zero-order valence-electron chi connectivity index (χ0n) is 12.6. The normalized spacial score (nSPS) is 12.6. The predicted octanol–water partition coefficient (Wildman–Crippen LogP) is 2.47. The highest BCUT2D eigenvalue weighted by atomic mass is 16.6. The Morgan fingerprint density at radius 1 is 1.00 bits per heavy atom. The van der Waals surface area contributed by atoms with E-state index in [1.54, 1.807) is 27.7 Å². The molecule has 0 saturated heterocycles. The van der Waals surface area contributed by atoms with E-state index in [4.69, 9.17) is 14.2 Å². The minimum atomic E-state index is -0.875. The Balaban J connectivity index is 4.39. The fraction of sp³-hybridized carbons (Fsp3) is 0.857. The minimum absolute atomic E-state index is 0.104. The van der Waals surface area contributed by atoms with Crippen LogP contribution in [0.5, 0.6) is 0 Å². The highest BCUT2D eigenvalue weighted by Gasteiger charge is 2.26. The molecular formula is C14H26O5.